The van der Waals surface area contributed by atoms with E-state index in [1.807, 2.05) is 11.8 Å². The molecule has 4 unspecified atom stereocenters. The zero-order valence-corrected chi connectivity index (χ0v) is 10.5. The molecule has 4 heteroatoms. The van der Waals surface area contributed by atoms with Gasteiger partial charge >= 0.3 is 0 Å². The number of fused-ring (bicyclic) bond motifs is 1. The van der Waals surface area contributed by atoms with E-state index in [1.165, 1.54) is 19.3 Å². The van der Waals surface area contributed by atoms with Crippen LogP contribution in [-0.4, -0.2) is 47.2 Å². The number of carbonyl (C=O) groups excluding carboxylic acids is 1. The van der Waals surface area contributed by atoms with E-state index >= 15 is 0 Å². The van der Waals surface area contributed by atoms with Crippen LogP contribution in [0.5, 0.6) is 0 Å². The van der Waals surface area contributed by atoms with Crippen molar-refractivity contribution in [3.05, 3.63) is 0 Å². The highest BCUT2D eigenvalue weighted by Gasteiger charge is 2.45. The zero-order chi connectivity index (χ0) is 12.0. The van der Waals surface area contributed by atoms with Crippen LogP contribution in [0.1, 0.15) is 32.6 Å². The maximum absolute atomic E-state index is 12.4. The fourth-order valence-electron chi connectivity index (χ4n) is 3.79. The zero-order valence-electron chi connectivity index (χ0n) is 10.5. The van der Waals surface area contributed by atoms with E-state index in [0.29, 0.717) is 31.3 Å². The first-order valence-electron chi connectivity index (χ1n) is 6.81. The summed E-state index contributed by atoms with van der Waals surface area (Å²) >= 11 is 0. The third-order valence-electron chi connectivity index (χ3n) is 4.78. The number of nitrogens with zero attached hydrogens (tertiary/aromatic N) is 1. The molecule has 0 radical (unpaired) electrons. The Morgan fingerprint density at radius 1 is 1.47 bits per heavy atom. The van der Waals surface area contributed by atoms with E-state index in [9.17, 15) is 9.90 Å². The molecule has 1 aliphatic carbocycles. The van der Waals surface area contributed by atoms with Crippen molar-refractivity contribution >= 4 is 5.91 Å². The highest BCUT2D eigenvalue weighted by atomic mass is 16.3. The van der Waals surface area contributed by atoms with Crippen molar-refractivity contribution in [2.24, 2.45) is 11.8 Å². The van der Waals surface area contributed by atoms with Crippen molar-refractivity contribution in [1.29, 1.82) is 0 Å². The summed E-state index contributed by atoms with van der Waals surface area (Å²) in [6.07, 6.45) is 4.45. The summed E-state index contributed by atoms with van der Waals surface area (Å²) in [5, 5.41) is 13.3. The van der Waals surface area contributed by atoms with Crippen LogP contribution in [0.3, 0.4) is 0 Å². The van der Waals surface area contributed by atoms with Gasteiger partial charge in [0.1, 0.15) is 0 Å². The summed E-state index contributed by atoms with van der Waals surface area (Å²) in [5.41, 5.74) is -0.677. The number of likely N-dealkylation sites (tertiary alicyclic amines) is 1. The lowest BCUT2D eigenvalue weighted by molar-refractivity contribution is -0.134. The molecule has 0 bridgehead atoms. The van der Waals surface area contributed by atoms with Gasteiger partial charge in [0.25, 0.3) is 0 Å². The van der Waals surface area contributed by atoms with E-state index < -0.39 is 5.60 Å². The Balaban J connectivity index is 1.67. The number of amides is 1. The number of aliphatic hydroxyl groups is 1. The van der Waals surface area contributed by atoms with Crippen molar-refractivity contribution in [2.45, 2.75) is 44.2 Å². The number of carbonyl (C=O) groups is 1. The number of β-amino-alcohol motifs (C(OH)–C–C–N with tert-alkyl or cyclic N) is 1. The minimum atomic E-state index is -0.677. The van der Waals surface area contributed by atoms with E-state index in [2.05, 4.69) is 5.32 Å². The average molecular weight is 238 g/mol. The SMILES string of the molecule is CC1(O)CCN(C(=O)C2NCC3CCCC32)C1. The van der Waals surface area contributed by atoms with Crippen LogP contribution in [0, 0.1) is 11.8 Å². The predicted molar refractivity (Wildman–Crippen MR) is 64.4 cm³/mol. The lowest BCUT2D eigenvalue weighted by Gasteiger charge is -2.25. The fourth-order valence-corrected chi connectivity index (χ4v) is 3.79. The molecule has 2 aliphatic heterocycles. The Kier molecular flexibility index (Phi) is 2.67. The van der Waals surface area contributed by atoms with E-state index in [1.54, 1.807) is 0 Å². The summed E-state index contributed by atoms with van der Waals surface area (Å²) in [6, 6.07) is 0.0244. The van der Waals surface area contributed by atoms with Crippen LogP contribution in [0.2, 0.25) is 0 Å². The third-order valence-corrected chi connectivity index (χ3v) is 4.78. The van der Waals surface area contributed by atoms with Gasteiger partial charge in [-0.05, 0) is 44.6 Å². The number of nitrogens with one attached hydrogen (secondary N) is 1. The third kappa shape index (κ3) is 1.97. The van der Waals surface area contributed by atoms with Gasteiger partial charge in [-0.25, -0.2) is 0 Å². The second kappa shape index (κ2) is 3.95. The summed E-state index contributed by atoms with van der Waals surface area (Å²) in [6.45, 7) is 4.04. The van der Waals surface area contributed by atoms with Crippen molar-refractivity contribution in [3.8, 4) is 0 Å². The smallest absolute Gasteiger partial charge is 0.240 e. The van der Waals surface area contributed by atoms with Crippen LogP contribution < -0.4 is 5.32 Å². The Labute approximate surface area is 102 Å². The second-order valence-corrected chi connectivity index (χ2v) is 6.25. The van der Waals surface area contributed by atoms with Crippen molar-refractivity contribution in [1.82, 2.24) is 10.2 Å². The summed E-state index contributed by atoms with van der Waals surface area (Å²) < 4.78 is 0. The van der Waals surface area contributed by atoms with Gasteiger partial charge < -0.3 is 15.3 Å². The molecule has 4 atom stereocenters. The molecule has 1 amide bonds. The molecule has 4 nitrogen and oxygen atoms in total. The van der Waals surface area contributed by atoms with Gasteiger partial charge in [0.15, 0.2) is 0 Å². The van der Waals surface area contributed by atoms with Crippen molar-refractivity contribution < 1.29 is 9.90 Å². The van der Waals surface area contributed by atoms with Crippen LogP contribution in [-0.2, 0) is 4.79 Å². The number of rotatable bonds is 1. The maximum atomic E-state index is 12.4. The van der Waals surface area contributed by atoms with Gasteiger partial charge in [-0.3, -0.25) is 4.79 Å². The quantitative estimate of drug-likeness (QED) is 0.693. The lowest BCUT2D eigenvalue weighted by atomic mass is 9.93. The molecule has 96 valence electrons. The first kappa shape index (κ1) is 11.5. The van der Waals surface area contributed by atoms with E-state index in [0.717, 1.165) is 6.54 Å². The van der Waals surface area contributed by atoms with Gasteiger partial charge in [-0.2, -0.15) is 0 Å². The molecule has 0 aromatic rings. The Bertz CT molecular complexity index is 329. The van der Waals surface area contributed by atoms with Crippen molar-refractivity contribution in [3.63, 3.8) is 0 Å². The van der Waals surface area contributed by atoms with Gasteiger partial charge in [0.05, 0.1) is 11.6 Å². The van der Waals surface area contributed by atoms with Gasteiger partial charge in [-0.15, -0.1) is 0 Å². The first-order valence-corrected chi connectivity index (χ1v) is 6.81. The van der Waals surface area contributed by atoms with Crippen LogP contribution in [0.4, 0.5) is 0 Å². The van der Waals surface area contributed by atoms with E-state index in [-0.39, 0.29) is 11.9 Å². The van der Waals surface area contributed by atoms with Gasteiger partial charge in [-0.1, -0.05) is 6.42 Å². The largest absolute Gasteiger partial charge is 0.388 e. The lowest BCUT2D eigenvalue weighted by Crippen LogP contribution is -2.46. The Morgan fingerprint density at radius 3 is 3.00 bits per heavy atom. The summed E-state index contributed by atoms with van der Waals surface area (Å²) in [7, 11) is 0. The Morgan fingerprint density at radius 2 is 2.29 bits per heavy atom. The molecule has 0 aromatic carbocycles. The minimum Gasteiger partial charge on any atom is -0.388 e. The standard InChI is InChI=1S/C13H22N2O2/c1-13(17)5-6-15(8-13)12(16)11-10-4-2-3-9(10)7-14-11/h9-11,14,17H,2-8H2,1H3. The summed E-state index contributed by atoms with van der Waals surface area (Å²) in [4.78, 5) is 14.3. The minimum absolute atomic E-state index is 0.0244. The molecule has 17 heavy (non-hydrogen) atoms. The normalized spacial score (nSPS) is 45.3. The molecule has 3 rings (SSSR count). The molecule has 1 saturated carbocycles. The first-order chi connectivity index (χ1) is 8.07. The number of hydrogen-bond acceptors (Lipinski definition) is 3. The highest BCUT2D eigenvalue weighted by Crippen LogP contribution is 2.38. The molecule has 0 spiro atoms. The van der Waals surface area contributed by atoms with Crippen LogP contribution in [0.25, 0.3) is 0 Å². The highest BCUT2D eigenvalue weighted by molar-refractivity contribution is 5.83. The topological polar surface area (TPSA) is 52.6 Å². The summed E-state index contributed by atoms with van der Waals surface area (Å²) in [5.74, 6) is 1.48. The van der Waals surface area contributed by atoms with Crippen LogP contribution in [0.15, 0.2) is 0 Å². The molecular formula is C13H22N2O2. The molecular weight excluding hydrogens is 216 g/mol. The van der Waals surface area contributed by atoms with Gasteiger partial charge in [0, 0.05) is 13.1 Å². The predicted octanol–water partition coefficient (Wildman–Crippen LogP) is 0.358. The maximum Gasteiger partial charge on any atom is 0.240 e. The second-order valence-electron chi connectivity index (χ2n) is 6.25. The number of hydrogen-bond donors (Lipinski definition) is 2. The van der Waals surface area contributed by atoms with Gasteiger partial charge in [0.2, 0.25) is 5.91 Å². The molecule has 3 aliphatic rings. The molecule has 2 heterocycles. The molecule has 0 aromatic heterocycles. The molecule has 2 N–H and O–H groups in total. The monoisotopic (exact) mass is 238 g/mol. The van der Waals surface area contributed by atoms with E-state index in [4.69, 9.17) is 0 Å². The average Bonchev–Trinajstić information content (AvgIpc) is 2.90. The van der Waals surface area contributed by atoms with Crippen molar-refractivity contribution in [2.75, 3.05) is 19.6 Å². The van der Waals surface area contributed by atoms with Crippen LogP contribution >= 0.6 is 0 Å². The molecule has 3 fully saturated rings. The molecule has 2 saturated heterocycles. The Hall–Kier alpha value is -0.610. The fraction of sp³-hybridized carbons (Fsp3) is 0.923.